The van der Waals surface area contributed by atoms with Gasteiger partial charge in [-0.05, 0) is 29.2 Å². The number of likely N-dealkylation sites (tertiary alicyclic amines) is 1. The summed E-state index contributed by atoms with van der Waals surface area (Å²) in [6.45, 7) is 4.26. The summed E-state index contributed by atoms with van der Waals surface area (Å²) in [5, 5.41) is 12.8. The van der Waals surface area contributed by atoms with Crippen LogP contribution in [-0.2, 0) is 9.53 Å². The Bertz CT molecular complexity index is 805. The van der Waals surface area contributed by atoms with Crippen LogP contribution < -0.4 is 5.32 Å². The molecule has 2 amide bonds. The van der Waals surface area contributed by atoms with Gasteiger partial charge in [-0.15, -0.1) is 0 Å². The highest BCUT2D eigenvalue weighted by molar-refractivity contribution is 5.97. The Hall–Kier alpha value is -2.86. The van der Waals surface area contributed by atoms with Gasteiger partial charge in [-0.2, -0.15) is 0 Å². The van der Waals surface area contributed by atoms with Crippen LogP contribution in [0, 0.1) is 5.92 Å². The van der Waals surface area contributed by atoms with Crippen LogP contribution in [0.25, 0.3) is 11.1 Å². The number of benzene rings is 2. The van der Waals surface area contributed by atoms with Gasteiger partial charge in [-0.25, -0.2) is 4.79 Å². The van der Waals surface area contributed by atoms with Gasteiger partial charge in [0.25, 0.3) is 0 Å². The molecule has 1 saturated heterocycles. The molecule has 1 aliphatic heterocycles. The number of nitrogens with zero attached hydrogens (tertiary/aromatic N) is 1. The average molecular weight is 382 g/mol. The fraction of sp³-hybridized carbons (Fsp3) is 0.364. The third-order valence-electron chi connectivity index (χ3n) is 4.62. The molecular weight excluding hydrogens is 356 g/mol. The van der Waals surface area contributed by atoms with E-state index in [0.717, 1.165) is 11.1 Å². The number of β-amino-alcohol motifs (C(OH)–C–C–N with tert-alkyl or cyclic N) is 1. The summed E-state index contributed by atoms with van der Waals surface area (Å²) in [5.74, 6) is -0.127. The molecule has 0 unspecified atom stereocenters. The maximum Gasteiger partial charge on any atom is 0.410 e. The van der Waals surface area contributed by atoms with E-state index in [1.165, 1.54) is 4.90 Å². The minimum Gasteiger partial charge on any atom is -0.449 e. The van der Waals surface area contributed by atoms with Crippen LogP contribution in [0.3, 0.4) is 0 Å². The number of anilines is 1. The van der Waals surface area contributed by atoms with Crippen molar-refractivity contribution in [3.8, 4) is 11.1 Å². The Morgan fingerprint density at radius 3 is 2.39 bits per heavy atom. The molecule has 2 aromatic rings. The van der Waals surface area contributed by atoms with Crippen molar-refractivity contribution in [2.45, 2.75) is 32.4 Å². The molecule has 0 saturated carbocycles. The molecule has 1 fully saturated rings. The van der Waals surface area contributed by atoms with E-state index in [1.807, 2.05) is 68.4 Å². The molecule has 0 aliphatic carbocycles. The fourth-order valence-corrected chi connectivity index (χ4v) is 3.19. The Balaban J connectivity index is 1.65. The molecule has 6 heteroatoms. The van der Waals surface area contributed by atoms with Crippen molar-refractivity contribution in [1.82, 2.24) is 4.90 Å². The lowest BCUT2D eigenvalue weighted by atomic mass is 10.1. The van der Waals surface area contributed by atoms with Gasteiger partial charge < -0.3 is 15.2 Å². The first-order chi connectivity index (χ1) is 13.4. The third kappa shape index (κ3) is 4.89. The quantitative estimate of drug-likeness (QED) is 0.829. The predicted molar refractivity (Wildman–Crippen MR) is 108 cm³/mol. The second-order valence-corrected chi connectivity index (χ2v) is 7.46. The highest BCUT2D eigenvalue weighted by Gasteiger charge is 2.39. The van der Waals surface area contributed by atoms with Crippen molar-refractivity contribution in [2.75, 3.05) is 18.5 Å². The van der Waals surface area contributed by atoms with Crippen LogP contribution >= 0.6 is 0 Å². The molecule has 1 aliphatic rings. The molecule has 1 heterocycles. The number of hydrogen-bond acceptors (Lipinski definition) is 4. The monoisotopic (exact) mass is 382 g/mol. The second-order valence-electron chi connectivity index (χ2n) is 7.46. The highest BCUT2D eigenvalue weighted by Crippen LogP contribution is 2.23. The van der Waals surface area contributed by atoms with Crippen molar-refractivity contribution in [1.29, 1.82) is 0 Å². The Kier molecular flexibility index (Phi) is 6.31. The summed E-state index contributed by atoms with van der Waals surface area (Å²) in [4.78, 5) is 26.3. The number of hydrogen-bond donors (Lipinski definition) is 2. The maximum absolute atomic E-state index is 12.7. The average Bonchev–Trinajstić information content (AvgIpc) is 3.09. The molecule has 28 heavy (non-hydrogen) atoms. The summed E-state index contributed by atoms with van der Waals surface area (Å²) in [6.07, 6.45) is -1.10. The van der Waals surface area contributed by atoms with E-state index in [9.17, 15) is 14.7 Å². The predicted octanol–water partition coefficient (Wildman–Crippen LogP) is 3.52. The standard InChI is InChI=1S/C22H26N2O4/c1-15(2)14-28-22(27)24-13-19(25)12-20(24)21(26)23-18-10-8-17(9-11-18)16-6-4-3-5-7-16/h3-11,15,19-20,25H,12-14H2,1-2H3,(H,23,26)/t19-,20-/m0/s1. The summed E-state index contributed by atoms with van der Waals surface area (Å²) in [6, 6.07) is 16.7. The van der Waals surface area contributed by atoms with E-state index < -0.39 is 18.2 Å². The molecule has 0 bridgehead atoms. The van der Waals surface area contributed by atoms with Gasteiger partial charge in [0.2, 0.25) is 5.91 Å². The van der Waals surface area contributed by atoms with Crippen molar-refractivity contribution in [3.63, 3.8) is 0 Å². The van der Waals surface area contributed by atoms with E-state index in [4.69, 9.17) is 4.74 Å². The number of rotatable bonds is 5. The number of aliphatic hydroxyl groups excluding tert-OH is 1. The normalized spacial score (nSPS) is 18.9. The minimum atomic E-state index is -0.747. The molecular formula is C22H26N2O4. The van der Waals surface area contributed by atoms with Gasteiger partial charge in [0.1, 0.15) is 6.04 Å². The van der Waals surface area contributed by atoms with Crippen molar-refractivity contribution in [3.05, 3.63) is 54.6 Å². The number of amides is 2. The van der Waals surface area contributed by atoms with E-state index in [2.05, 4.69) is 5.32 Å². The van der Waals surface area contributed by atoms with Crippen LogP contribution in [-0.4, -0.2) is 47.3 Å². The second kappa shape index (κ2) is 8.89. The van der Waals surface area contributed by atoms with Gasteiger partial charge >= 0.3 is 6.09 Å². The highest BCUT2D eigenvalue weighted by atomic mass is 16.6. The smallest absolute Gasteiger partial charge is 0.410 e. The lowest BCUT2D eigenvalue weighted by molar-refractivity contribution is -0.120. The van der Waals surface area contributed by atoms with E-state index in [0.29, 0.717) is 5.69 Å². The van der Waals surface area contributed by atoms with E-state index in [1.54, 1.807) is 0 Å². The van der Waals surface area contributed by atoms with Crippen LogP contribution in [0.5, 0.6) is 0 Å². The first-order valence-electron chi connectivity index (χ1n) is 9.52. The number of nitrogens with one attached hydrogen (secondary N) is 1. The number of ether oxygens (including phenoxy) is 1. The summed E-state index contributed by atoms with van der Waals surface area (Å²) in [7, 11) is 0. The van der Waals surface area contributed by atoms with E-state index >= 15 is 0 Å². The zero-order chi connectivity index (χ0) is 20.1. The van der Waals surface area contributed by atoms with Gasteiger partial charge in [-0.3, -0.25) is 9.69 Å². The summed E-state index contributed by atoms with van der Waals surface area (Å²) in [5.41, 5.74) is 2.79. The lowest BCUT2D eigenvalue weighted by Gasteiger charge is -2.23. The molecule has 0 aromatic heterocycles. The van der Waals surface area contributed by atoms with Gasteiger partial charge in [0, 0.05) is 12.1 Å². The summed E-state index contributed by atoms with van der Waals surface area (Å²) >= 11 is 0. The number of carbonyl (C=O) groups excluding carboxylic acids is 2. The minimum absolute atomic E-state index is 0.0992. The maximum atomic E-state index is 12.7. The largest absolute Gasteiger partial charge is 0.449 e. The van der Waals surface area contributed by atoms with Crippen LogP contribution in [0.15, 0.2) is 54.6 Å². The molecule has 6 nitrogen and oxygen atoms in total. The first kappa shape index (κ1) is 19.9. The van der Waals surface area contributed by atoms with Crippen molar-refractivity contribution < 1.29 is 19.4 Å². The zero-order valence-electron chi connectivity index (χ0n) is 16.2. The topological polar surface area (TPSA) is 78.9 Å². The molecule has 0 spiro atoms. The molecule has 2 N–H and O–H groups in total. The SMILES string of the molecule is CC(C)COC(=O)N1C[C@@H](O)C[C@H]1C(=O)Nc1ccc(-c2ccccc2)cc1. The Morgan fingerprint density at radius 2 is 1.75 bits per heavy atom. The van der Waals surface area contributed by atoms with Gasteiger partial charge in [0.15, 0.2) is 0 Å². The first-order valence-corrected chi connectivity index (χ1v) is 9.52. The zero-order valence-corrected chi connectivity index (χ0v) is 16.2. The van der Waals surface area contributed by atoms with Crippen molar-refractivity contribution in [2.24, 2.45) is 5.92 Å². The summed E-state index contributed by atoms with van der Waals surface area (Å²) < 4.78 is 5.23. The fourth-order valence-electron chi connectivity index (χ4n) is 3.19. The number of aliphatic hydroxyl groups is 1. The Labute approximate surface area is 165 Å². The molecule has 2 atom stereocenters. The van der Waals surface area contributed by atoms with Gasteiger partial charge in [-0.1, -0.05) is 56.3 Å². The van der Waals surface area contributed by atoms with Crippen molar-refractivity contribution >= 4 is 17.7 Å². The molecule has 3 rings (SSSR count). The Morgan fingerprint density at radius 1 is 1.11 bits per heavy atom. The molecule has 0 radical (unpaired) electrons. The lowest BCUT2D eigenvalue weighted by Crippen LogP contribution is -2.43. The van der Waals surface area contributed by atoms with Crippen LogP contribution in [0.1, 0.15) is 20.3 Å². The van der Waals surface area contributed by atoms with Gasteiger partial charge in [0.05, 0.1) is 19.3 Å². The molecule has 148 valence electrons. The van der Waals surface area contributed by atoms with E-state index in [-0.39, 0.29) is 31.4 Å². The third-order valence-corrected chi connectivity index (χ3v) is 4.62. The van der Waals surface area contributed by atoms with Crippen LogP contribution in [0.4, 0.5) is 10.5 Å². The van der Waals surface area contributed by atoms with Crippen LogP contribution in [0.2, 0.25) is 0 Å². The molecule has 2 aromatic carbocycles. The number of carbonyl (C=O) groups is 2.